The molecule has 6 nitrogen and oxygen atoms in total. The second kappa shape index (κ2) is 8.69. The Balaban J connectivity index is 1.78. The number of rotatable bonds is 3. The van der Waals surface area contributed by atoms with E-state index in [2.05, 4.69) is 19.9 Å². The van der Waals surface area contributed by atoms with E-state index < -0.39 is 5.92 Å². The highest BCUT2D eigenvalue weighted by Gasteiger charge is 2.46. The molecule has 1 aliphatic heterocycles. The van der Waals surface area contributed by atoms with Gasteiger partial charge in [-0.1, -0.05) is 61.3 Å². The molecule has 0 radical (unpaired) electrons. The van der Waals surface area contributed by atoms with Crippen LogP contribution in [0.1, 0.15) is 49.4 Å². The van der Waals surface area contributed by atoms with Crippen LogP contribution in [0.5, 0.6) is 0 Å². The molecule has 3 aromatic rings. The van der Waals surface area contributed by atoms with Crippen LogP contribution in [-0.4, -0.2) is 15.6 Å². The molecule has 5 rings (SSSR count). The van der Waals surface area contributed by atoms with Crippen molar-refractivity contribution in [3.05, 3.63) is 99.2 Å². The molecule has 0 saturated heterocycles. The molecule has 182 valence electrons. The van der Waals surface area contributed by atoms with Crippen molar-refractivity contribution in [1.82, 2.24) is 9.78 Å². The van der Waals surface area contributed by atoms with Crippen molar-refractivity contribution in [3.8, 4) is 11.8 Å². The van der Waals surface area contributed by atoms with E-state index in [0.717, 1.165) is 22.6 Å². The number of aromatic nitrogens is 2. The minimum absolute atomic E-state index is 0.00606. The van der Waals surface area contributed by atoms with Crippen molar-refractivity contribution < 1.29 is 4.79 Å². The van der Waals surface area contributed by atoms with Crippen LogP contribution >= 0.6 is 11.6 Å². The van der Waals surface area contributed by atoms with Crippen LogP contribution in [0.4, 0.5) is 5.69 Å². The van der Waals surface area contributed by atoms with Crippen LogP contribution in [0.15, 0.2) is 77.3 Å². The van der Waals surface area contributed by atoms with Gasteiger partial charge in [0.1, 0.15) is 11.0 Å². The molecule has 0 bridgehead atoms. The van der Waals surface area contributed by atoms with E-state index in [1.54, 1.807) is 4.68 Å². The van der Waals surface area contributed by atoms with Crippen molar-refractivity contribution in [2.24, 2.45) is 11.1 Å². The van der Waals surface area contributed by atoms with Gasteiger partial charge in [-0.05, 0) is 49.9 Å². The van der Waals surface area contributed by atoms with Crippen LogP contribution < -0.4 is 10.6 Å². The van der Waals surface area contributed by atoms with Gasteiger partial charge < -0.3 is 5.73 Å². The number of halogens is 1. The molecule has 0 saturated carbocycles. The molecule has 2 aromatic carbocycles. The van der Waals surface area contributed by atoms with Crippen molar-refractivity contribution in [1.29, 1.82) is 5.26 Å². The Hall–Kier alpha value is -3.82. The smallest absolute Gasteiger partial charge is 0.162 e. The summed E-state index contributed by atoms with van der Waals surface area (Å²) in [6.07, 6.45) is 1.02. The summed E-state index contributed by atoms with van der Waals surface area (Å²) in [5.74, 6) is -0.356. The molecule has 1 atom stereocenters. The number of nitrogens with two attached hydrogens (primary N) is 1. The summed E-state index contributed by atoms with van der Waals surface area (Å²) in [6.45, 7) is 8.05. The van der Waals surface area contributed by atoms with Crippen LogP contribution in [0, 0.1) is 30.6 Å². The fourth-order valence-corrected chi connectivity index (χ4v) is 5.75. The summed E-state index contributed by atoms with van der Waals surface area (Å²) < 4.78 is 1.65. The molecule has 2 heterocycles. The molecule has 7 heteroatoms. The van der Waals surface area contributed by atoms with Gasteiger partial charge in [0.05, 0.1) is 28.9 Å². The Bertz CT molecular complexity index is 1470. The number of anilines is 1. The number of hydrogen-bond acceptors (Lipinski definition) is 5. The number of allylic oxidation sites excluding steroid dienone is 3. The van der Waals surface area contributed by atoms with Gasteiger partial charge in [-0.2, -0.15) is 10.4 Å². The van der Waals surface area contributed by atoms with Gasteiger partial charge in [0.2, 0.25) is 0 Å². The maximum absolute atomic E-state index is 13.8. The fourth-order valence-electron chi connectivity index (χ4n) is 5.37. The molecule has 1 unspecified atom stereocenters. The number of carbonyl (C=O) groups excluding carboxylic acids is 1. The Morgan fingerprint density at radius 3 is 2.36 bits per heavy atom. The average Bonchev–Trinajstić information content (AvgIpc) is 3.12. The summed E-state index contributed by atoms with van der Waals surface area (Å²) in [7, 11) is 0. The number of nitrogens with zero attached hydrogens (tertiary/aromatic N) is 4. The molecule has 2 aliphatic rings. The van der Waals surface area contributed by atoms with Gasteiger partial charge in [-0.25, -0.2) is 4.68 Å². The third-order valence-corrected chi connectivity index (χ3v) is 7.37. The van der Waals surface area contributed by atoms with Crippen LogP contribution in [-0.2, 0) is 4.79 Å². The molecule has 0 amide bonds. The maximum Gasteiger partial charge on any atom is 0.162 e. The van der Waals surface area contributed by atoms with Gasteiger partial charge in [0.25, 0.3) is 0 Å². The first-order valence-corrected chi connectivity index (χ1v) is 12.3. The standard InChI is InChI=1S/C29H28ClN5O/c1-17-10-12-19(13-11-17)34-22-14-29(3,4)15-23(36)26(22)25(21(16-31)28(34)32)24-18(2)33-35(27(24)30)20-8-6-5-7-9-20/h5-13,25H,14-15,32H2,1-4H3. The topological polar surface area (TPSA) is 87.9 Å². The SMILES string of the molecule is Cc1ccc(N2C(N)=C(C#N)C(c3c(C)nn(-c4ccccc4)c3Cl)C3=C2CC(C)(C)CC3=O)cc1. The lowest BCUT2D eigenvalue weighted by Gasteiger charge is -2.43. The summed E-state index contributed by atoms with van der Waals surface area (Å²) in [4.78, 5) is 15.7. The molecule has 0 fully saturated rings. The Labute approximate surface area is 216 Å². The molecule has 1 aliphatic carbocycles. The quantitative estimate of drug-likeness (QED) is 0.473. The molecule has 1 aromatic heterocycles. The predicted octanol–water partition coefficient (Wildman–Crippen LogP) is 6.08. The van der Waals surface area contributed by atoms with E-state index in [0.29, 0.717) is 46.2 Å². The summed E-state index contributed by atoms with van der Waals surface area (Å²) in [5.41, 5.74) is 12.3. The third kappa shape index (κ3) is 3.81. The van der Waals surface area contributed by atoms with Gasteiger partial charge in [-0.3, -0.25) is 9.69 Å². The van der Waals surface area contributed by atoms with Gasteiger partial charge in [0.15, 0.2) is 5.78 Å². The highest BCUT2D eigenvalue weighted by molar-refractivity contribution is 6.31. The fraction of sp³-hybridized carbons (Fsp3) is 0.276. The van der Waals surface area contributed by atoms with Crippen LogP contribution in [0.3, 0.4) is 0 Å². The lowest BCUT2D eigenvalue weighted by atomic mass is 9.68. The van der Waals surface area contributed by atoms with E-state index in [4.69, 9.17) is 22.4 Å². The van der Waals surface area contributed by atoms with Crippen LogP contribution in [0.2, 0.25) is 5.15 Å². The number of para-hydroxylation sites is 1. The van der Waals surface area contributed by atoms with Gasteiger partial charge >= 0.3 is 0 Å². The highest BCUT2D eigenvalue weighted by Crippen LogP contribution is 2.51. The van der Waals surface area contributed by atoms with Gasteiger partial charge in [-0.15, -0.1) is 0 Å². The van der Waals surface area contributed by atoms with E-state index in [-0.39, 0.29) is 11.2 Å². The van der Waals surface area contributed by atoms with E-state index in [1.807, 2.05) is 73.3 Å². The summed E-state index contributed by atoms with van der Waals surface area (Å²) >= 11 is 6.95. The number of nitriles is 1. The van der Waals surface area contributed by atoms with E-state index >= 15 is 0 Å². The Morgan fingerprint density at radius 1 is 1.06 bits per heavy atom. The molecular formula is C29H28ClN5O. The van der Waals surface area contributed by atoms with Crippen molar-refractivity contribution in [3.63, 3.8) is 0 Å². The van der Waals surface area contributed by atoms with E-state index in [1.165, 1.54) is 0 Å². The first kappa shape index (κ1) is 23.9. The first-order chi connectivity index (χ1) is 17.1. The zero-order valence-corrected chi connectivity index (χ0v) is 21.6. The summed E-state index contributed by atoms with van der Waals surface area (Å²) in [5, 5.41) is 15.4. The van der Waals surface area contributed by atoms with E-state index in [9.17, 15) is 10.1 Å². The molecule has 36 heavy (non-hydrogen) atoms. The lowest BCUT2D eigenvalue weighted by molar-refractivity contribution is -0.118. The Morgan fingerprint density at radius 2 is 1.72 bits per heavy atom. The largest absolute Gasteiger partial charge is 0.384 e. The third-order valence-electron chi connectivity index (χ3n) is 7.01. The number of carbonyl (C=O) groups is 1. The average molecular weight is 498 g/mol. The van der Waals surface area contributed by atoms with Crippen molar-refractivity contribution in [2.75, 3.05) is 4.90 Å². The van der Waals surface area contributed by atoms with Crippen LogP contribution in [0.25, 0.3) is 5.69 Å². The minimum atomic E-state index is -0.680. The molecule has 0 spiro atoms. The molecule has 2 N–H and O–H groups in total. The van der Waals surface area contributed by atoms with Crippen molar-refractivity contribution in [2.45, 2.75) is 46.5 Å². The number of Topliss-reactive ketones (excluding diaryl/α,β-unsaturated/α-hetero) is 1. The lowest BCUT2D eigenvalue weighted by Crippen LogP contribution is -2.42. The number of benzene rings is 2. The van der Waals surface area contributed by atoms with Gasteiger partial charge in [0, 0.05) is 28.9 Å². The Kier molecular flexibility index (Phi) is 5.77. The van der Waals surface area contributed by atoms with Crippen molar-refractivity contribution >= 4 is 23.1 Å². The molecular weight excluding hydrogens is 470 g/mol. The summed E-state index contributed by atoms with van der Waals surface area (Å²) in [6, 6.07) is 19.8. The number of ketones is 1. The number of hydrogen-bond donors (Lipinski definition) is 1. The predicted molar refractivity (Wildman–Crippen MR) is 142 cm³/mol. The monoisotopic (exact) mass is 497 g/mol. The zero-order valence-electron chi connectivity index (χ0n) is 20.8. The zero-order chi connectivity index (χ0) is 25.8. The normalized spacial score (nSPS) is 19.4. The second-order valence-electron chi connectivity index (χ2n) is 10.4. The number of aryl methyl sites for hydroxylation is 2. The highest BCUT2D eigenvalue weighted by atomic mass is 35.5. The second-order valence-corrected chi connectivity index (χ2v) is 10.7. The minimum Gasteiger partial charge on any atom is -0.384 e. The first-order valence-electron chi connectivity index (χ1n) is 12.0. The maximum atomic E-state index is 13.8.